The second kappa shape index (κ2) is 5.72. The first kappa shape index (κ1) is 12.0. The number of carbonyl (C=O) groups is 1. The van der Waals surface area contributed by atoms with Crippen LogP contribution in [0.5, 0.6) is 0 Å². The summed E-state index contributed by atoms with van der Waals surface area (Å²) in [7, 11) is 0. The molecule has 1 amide bonds. The highest BCUT2D eigenvalue weighted by atomic mass is 16.1. The lowest BCUT2D eigenvalue weighted by molar-refractivity contribution is -0.120. The number of nitriles is 1. The summed E-state index contributed by atoms with van der Waals surface area (Å²) in [5.74, 6) is -0.0154. The number of nitrogens with zero attached hydrogens (tertiary/aromatic N) is 1. The monoisotopic (exact) mass is 209 g/mol. The molecule has 84 valence electrons. The Morgan fingerprint density at radius 3 is 2.73 bits per heavy atom. The number of hydrogen-bond acceptors (Lipinski definition) is 3. The Morgan fingerprint density at radius 1 is 1.47 bits per heavy atom. The van der Waals surface area contributed by atoms with E-state index in [-0.39, 0.29) is 11.4 Å². The molecule has 1 aliphatic rings. The number of amides is 1. The maximum atomic E-state index is 11.3. The molecule has 1 saturated carbocycles. The molecule has 0 radical (unpaired) electrons. The third-order valence-corrected chi connectivity index (χ3v) is 2.94. The summed E-state index contributed by atoms with van der Waals surface area (Å²) in [6.07, 6.45) is 5.18. The van der Waals surface area contributed by atoms with Gasteiger partial charge in [-0.2, -0.15) is 5.26 Å². The van der Waals surface area contributed by atoms with Gasteiger partial charge in [-0.05, 0) is 19.8 Å². The quantitative estimate of drug-likeness (QED) is 0.662. The Hall–Kier alpha value is -1.08. The summed E-state index contributed by atoms with van der Waals surface area (Å²) >= 11 is 0. The maximum Gasteiger partial charge on any atom is 0.234 e. The van der Waals surface area contributed by atoms with E-state index in [0.717, 1.165) is 12.8 Å². The predicted molar refractivity (Wildman–Crippen MR) is 58.1 cm³/mol. The second-order valence-corrected chi connectivity index (χ2v) is 4.38. The van der Waals surface area contributed by atoms with Gasteiger partial charge in [-0.15, -0.1) is 0 Å². The highest BCUT2D eigenvalue weighted by Crippen LogP contribution is 2.28. The van der Waals surface area contributed by atoms with E-state index < -0.39 is 0 Å². The zero-order valence-electron chi connectivity index (χ0n) is 9.31. The summed E-state index contributed by atoms with van der Waals surface area (Å²) in [6, 6.07) is 1.99. The third-order valence-electron chi connectivity index (χ3n) is 2.94. The highest BCUT2D eigenvalue weighted by Gasteiger charge is 2.28. The summed E-state index contributed by atoms with van der Waals surface area (Å²) in [5, 5.41) is 14.3. The van der Waals surface area contributed by atoms with Crippen molar-refractivity contribution in [2.75, 3.05) is 13.1 Å². The van der Waals surface area contributed by atoms with Crippen LogP contribution in [0.4, 0.5) is 0 Å². The summed E-state index contributed by atoms with van der Waals surface area (Å²) in [6.45, 7) is 2.98. The zero-order chi connectivity index (χ0) is 11.1. The van der Waals surface area contributed by atoms with Crippen molar-refractivity contribution in [3.05, 3.63) is 0 Å². The van der Waals surface area contributed by atoms with Gasteiger partial charge in [0.05, 0.1) is 19.0 Å². The van der Waals surface area contributed by atoms with Gasteiger partial charge in [-0.25, -0.2) is 0 Å². The molecule has 4 nitrogen and oxygen atoms in total. The molecular weight excluding hydrogens is 190 g/mol. The smallest absolute Gasteiger partial charge is 0.234 e. The van der Waals surface area contributed by atoms with E-state index in [1.54, 1.807) is 0 Å². The van der Waals surface area contributed by atoms with Crippen LogP contribution >= 0.6 is 0 Å². The fourth-order valence-corrected chi connectivity index (χ4v) is 1.95. The molecule has 0 spiro atoms. The lowest BCUT2D eigenvalue weighted by Crippen LogP contribution is -2.45. The number of hydrogen-bond donors (Lipinski definition) is 2. The summed E-state index contributed by atoms with van der Waals surface area (Å²) in [5.41, 5.74) is 0.145. The van der Waals surface area contributed by atoms with Gasteiger partial charge in [-0.1, -0.05) is 12.8 Å². The SMILES string of the molecule is CC1(NCC(=O)NCCC#N)CCCC1. The van der Waals surface area contributed by atoms with Crippen molar-refractivity contribution in [1.29, 1.82) is 5.26 Å². The first-order valence-corrected chi connectivity index (χ1v) is 5.55. The van der Waals surface area contributed by atoms with Crippen molar-refractivity contribution >= 4 is 5.91 Å². The van der Waals surface area contributed by atoms with E-state index in [2.05, 4.69) is 17.6 Å². The molecule has 0 aliphatic heterocycles. The Kier molecular flexibility index (Phi) is 4.57. The van der Waals surface area contributed by atoms with Crippen LogP contribution in [0.2, 0.25) is 0 Å². The van der Waals surface area contributed by atoms with Crippen LogP contribution in [0.25, 0.3) is 0 Å². The largest absolute Gasteiger partial charge is 0.354 e. The number of carbonyl (C=O) groups excluding carboxylic acids is 1. The Balaban J connectivity index is 2.13. The van der Waals surface area contributed by atoms with Crippen LogP contribution < -0.4 is 10.6 Å². The number of rotatable bonds is 5. The zero-order valence-corrected chi connectivity index (χ0v) is 9.31. The van der Waals surface area contributed by atoms with Gasteiger partial charge < -0.3 is 10.6 Å². The lowest BCUT2D eigenvalue weighted by Gasteiger charge is -2.24. The normalized spacial score (nSPS) is 18.4. The third kappa shape index (κ3) is 4.30. The van der Waals surface area contributed by atoms with Crippen LogP contribution in [-0.2, 0) is 4.79 Å². The van der Waals surface area contributed by atoms with E-state index in [9.17, 15) is 4.79 Å². The lowest BCUT2D eigenvalue weighted by atomic mass is 10.0. The molecule has 15 heavy (non-hydrogen) atoms. The predicted octanol–water partition coefficient (Wildman–Crippen LogP) is 0.939. The Morgan fingerprint density at radius 2 is 2.13 bits per heavy atom. The maximum absolute atomic E-state index is 11.3. The average molecular weight is 209 g/mol. The molecule has 4 heteroatoms. The van der Waals surface area contributed by atoms with Gasteiger partial charge >= 0.3 is 0 Å². The summed E-state index contributed by atoms with van der Waals surface area (Å²) < 4.78 is 0. The molecule has 0 atom stereocenters. The van der Waals surface area contributed by atoms with Crippen molar-refractivity contribution in [2.24, 2.45) is 0 Å². The molecule has 1 fully saturated rings. The van der Waals surface area contributed by atoms with Gasteiger partial charge in [0.1, 0.15) is 0 Å². The van der Waals surface area contributed by atoms with E-state index in [0.29, 0.717) is 19.5 Å². The average Bonchev–Trinajstić information content (AvgIpc) is 2.64. The molecule has 0 aromatic rings. The minimum absolute atomic E-state index is 0.0154. The van der Waals surface area contributed by atoms with Crippen molar-refractivity contribution < 1.29 is 4.79 Å². The Labute approximate surface area is 91.0 Å². The fraction of sp³-hybridized carbons (Fsp3) is 0.818. The van der Waals surface area contributed by atoms with Crippen molar-refractivity contribution in [2.45, 2.75) is 44.6 Å². The van der Waals surface area contributed by atoms with Crippen molar-refractivity contribution in [3.8, 4) is 6.07 Å². The molecule has 1 aliphatic carbocycles. The molecule has 0 heterocycles. The molecular formula is C11H19N3O. The first-order valence-electron chi connectivity index (χ1n) is 5.55. The summed E-state index contributed by atoms with van der Waals surface area (Å²) in [4.78, 5) is 11.3. The standard InChI is InChI=1S/C11H19N3O/c1-11(5-2-3-6-11)14-9-10(15)13-8-4-7-12/h14H,2-6,8-9H2,1H3,(H,13,15). The van der Waals surface area contributed by atoms with Crippen LogP contribution in [-0.4, -0.2) is 24.5 Å². The molecule has 0 unspecified atom stereocenters. The first-order chi connectivity index (χ1) is 7.16. The van der Waals surface area contributed by atoms with Crippen LogP contribution in [0.3, 0.4) is 0 Å². The fourth-order valence-electron chi connectivity index (χ4n) is 1.95. The van der Waals surface area contributed by atoms with Crippen LogP contribution in [0.1, 0.15) is 39.0 Å². The molecule has 0 aromatic carbocycles. The van der Waals surface area contributed by atoms with E-state index in [4.69, 9.17) is 5.26 Å². The molecule has 2 N–H and O–H groups in total. The minimum Gasteiger partial charge on any atom is -0.354 e. The van der Waals surface area contributed by atoms with E-state index in [1.165, 1.54) is 12.8 Å². The molecule has 0 saturated heterocycles. The van der Waals surface area contributed by atoms with Gasteiger partial charge in [0.25, 0.3) is 0 Å². The topological polar surface area (TPSA) is 64.9 Å². The van der Waals surface area contributed by atoms with Crippen molar-refractivity contribution in [3.63, 3.8) is 0 Å². The molecule has 0 aromatic heterocycles. The van der Waals surface area contributed by atoms with Gasteiger partial charge in [-0.3, -0.25) is 4.79 Å². The second-order valence-electron chi connectivity index (χ2n) is 4.38. The Bertz CT molecular complexity index is 251. The highest BCUT2D eigenvalue weighted by molar-refractivity contribution is 5.78. The van der Waals surface area contributed by atoms with Gasteiger partial charge in [0.15, 0.2) is 0 Å². The van der Waals surface area contributed by atoms with E-state index >= 15 is 0 Å². The van der Waals surface area contributed by atoms with Gasteiger partial charge in [0.2, 0.25) is 5.91 Å². The van der Waals surface area contributed by atoms with Crippen LogP contribution in [0.15, 0.2) is 0 Å². The van der Waals surface area contributed by atoms with Crippen LogP contribution in [0, 0.1) is 11.3 Å². The minimum atomic E-state index is -0.0154. The van der Waals surface area contributed by atoms with E-state index in [1.807, 2.05) is 6.07 Å². The van der Waals surface area contributed by atoms with Gasteiger partial charge in [0, 0.05) is 12.1 Å². The molecule has 0 bridgehead atoms. The number of nitrogens with one attached hydrogen (secondary N) is 2. The molecule has 1 rings (SSSR count). The van der Waals surface area contributed by atoms with Crippen molar-refractivity contribution in [1.82, 2.24) is 10.6 Å².